The average molecular weight is 462 g/mol. The van der Waals surface area contributed by atoms with E-state index < -0.39 is 12.1 Å². The van der Waals surface area contributed by atoms with Gasteiger partial charge in [-0.15, -0.1) is 0 Å². The lowest BCUT2D eigenvalue weighted by Gasteiger charge is -2.36. The highest BCUT2D eigenvalue weighted by molar-refractivity contribution is 9.10. The first kappa shape index (κ1) is 18.4. The number of hydrogen-bond donors (Lipinski definition) is 3. The molecule has 7 nitrogen and oxygen atoms in total. The third kappa shape index (κ3) is 3.21. The number of fused-ring (bicyclic) bond motifs is 2. The van der Waals surface area contributed by atoms with Crippen LogP contribution in [0.25, 0.3) is 11.0 Å². The average Bonchev–Trinajstić information content (AvgIpc) is 3.20. The lowest BCUT2D eigenvalue weighted by Crippen LogP contribution is -2.53. The molecule has 2 amide bonds. The van der Waals surface area contributed by atoms with Gasteiger partial charge in [0.15, 0.2) is 12.0 Å². The van der Waals surface area contributed by atoms with Crippen molar-refractivity contribution >= 4 is 44.5 Å². The fourth-order valence-electron chi connectivity index (χ4n) is 3.44. The Balaban J connectivity index is 1.54. The summed E-state index contributed by atoms with van der Waals surface area (Å²) in [5.74, 6) is -0.187. The second-order valence-corrected chi connectivity index (χ2v) is 7.77. The SMILES string of the molecule is O=C(NN1C(=O)c2ccccc2NC1c1nc2ccccc2[nH]1)c1ccc(Br)cc1. The van der Waals surface area contributed by atoms with Crippen LogP contribution in [0.3, 0.4) is 0 Å². The van der Waals surface area contributed by atoms with Crippen molar-refractivity contribution in [2.45, 2.75) is 6.17 Å². The first-order valence-corrected chi connectivity index (χ1v) is 10.1. The highest BCUT2D eigenvalue weighted by Crippen LogP contribution is 2.31. The molecule has 5 rings (SSSR count). The fourth-order valence-corrected chi connectivity index (χ4v) is 3.70. The number of aromatic nitrogens is 2. The van der Waals surface area contributed by atoms with Gasteiger partial charge in [-0.3, -0.25) is 15.0 Å². The maximum Gasteiger partial charge on any atom is 0.276 e. The molecule has 3 aromatic carbocycles. The highest BCUT2D eigenvalue weighted by Gasteiger charge is 2.36. The molecule has 8 heteroatoms. The molecule has 0 saturated carbocycles. The zero-order valence-electron chi connectivity index (χ0n) is 15.6. The summed E-state index contributed by atoms with van der Waals surface area (Å²) in [5, 5.41) is 4.59. The lowest BCUT2D eigenvalue weighted by molar-refractivity contribution is 0.0483. The van der Waals surface area contributed by atoms with Gasteiger partial charge in [0.25, 0.3) is 11.8 Å². The van der Waals surface area contributed by atoms with Crippen molar-refractivity contribution in [3.63, 3.8) is 0 Å². The van der Waals surface area contributed by atoms with Crippen LogP contribution in [0.1, 0.15) is 32.7 Å². The molecule has 1 aromatic heterocycles. The summed E-state index contributed by atoms with van der Waals surface area (Å²) in [6.45, 7) is 0. The zero-order chi connectivity index (χ0) is 20.7. The van der Waals surface area contributed by atoms with Gasteiger partial charge in [0.2, 0.25) is 0 Å². The quantitative estimate of drug-likeness (QED) is 0.425. The Morgan fingerprint density at radius 1 is 1.00 bits per heavy atom. The van der Waals surface area contributed by atoms with Gasteiger partial charge in [0.1, 0.15) is 0 Å². The number of hydrogen-bond acceptors (Lipinski definition) is 4. The summed E-state index contributed by atoms with van der Waals surface area (Å²) in [5.41, 5.74) is 5.96. The van der Waals surface area contributed by atoms with Crippen LogP contribution in [0.2, 0.25) is 0 Å². The number of carbonyl (C=O) groups excluding carboxylic acids is 2. The number of aromatic amines is 1. The number of nitrogens with one attached hydrogen (secondary N) is 3. The molecule has 0 saturated heterocycles. The van der Waals surface area contributed by atoms with E-state index in [0.29, 0.717) is 22.6 Å². The van der Waals surface area contributed by atoms with Crippen LogP contribution < -0.4 is 10.7 Å². The van der Waals surface area contributed by atoms with Gasteiger partial charge in [-0.1, -0.05) is 40.2 Å². The molecular weight excluding hydrogens is 446 g/mol. The van der Waals surface area contributed by atoms with Crippen molar-refractivity contribution in [3.8, 4) is 0 Å². The molecule has 1 aliphatic rings. The van der Waals surface area contributed by atoms with E-state index in [0.717, 1.165) is 15.5 Å². The molecule has 30 heavy (non-hydrogen) atoms. The first-order chi connectivity index (χ1) is 14.6. The van der Waals surface area contributed by atoms with Crippen LogP contribution in [0.5, 0.6) is 0 Å². The third-order valence-electron chi connectivity index (χ3n) is 4.92. The number of nitrogens with zero attached hydrogens (tertiary/aromatic N) is 2. The summed E-state index contributed by atoms with van der Waals surface area (Å²) in [7, 11) is 0. The van der Waals surface area contributed by atoms with Gasteiger partial charge >= 0.3 is 0 Å². The van der Waals surface area contributed by atoms with E-state index in [2.05, 4.69) is 36.6 Å². The molecule has 3 N–H and O–H groups in total. The van der Waals surface area contributed by atoms with Crippen LogP contribution in [0.4, 0.5) is 5.69 Å². The molecule has 148 valence electrons. The molecule has 0 bridgehead atoms. The lowest BCUT2D eigenvalue weighted by atomic mass is 10.1. The number of rotatable bonds is 3. The van der Waals surface area contributed by atoms with E-state index in [-0.39, 0.29) is 5.91 Å². The Bertz CT molecular complexity index is 1240. The van der Waals surface area contributed by atoms with Crippen LogP contribution in [0, 0.1) is 0 Å². The number of para-hydroxylation sites is 3. The van der Waals surface area contributed by atoms with Crippen molar-refractivity contribution < 1.29 is 9.59 Å². The standard InChI is InChI=1S/C22H16BrN5O2/c23-14-11-9-13(10-12-14)21(29)27-28-20(19-24-17-7-3-4-8-18(17)25-19)26-16-6-2-1-5-15(16)22(28)30/h1-12,20,26H,(H,24,25)(H,27,29). The summed E-state index contributed by atoms with van der Waals surface area (Å²) >= 11 is 3.36. The molecule has 2 heterocycles. The van der Waals surface area contributed by atoms with E-state index >= 15 is 0 Å². The number of H-pyrrole nitrogens is 1. The monoisotopic (exact) mass is 461 g/mol. The number of carbonyl (C=O) groups is 2. The van der Waals surface area contributed by atoms with Gasteiger partial charge in [-0.05, 0) is 48.5 Å². The maximum atomic E-state index is 13.3. The van der Waals surface area contributed by atoms with Gasteiger partial charge < -0.3 is 10.3 Å². The molecule has 1 atom stereocenters. The van der Waals surface area contributed by atoms with Gasteiger partial charge in [-0.2, -0.15) is 0 Å². The zero-order valence-corrected chi connectivity index (χ0v) is 17.2. The molecule has 0 aliphatic carbocycles. The van der Waals surface area contributed by atoms with E-state index in [1.165, 1.54) is 5.01 Å². The van der Waals surface area contributed by atoms with Gasteiger partial charge in [0.05, 0.1) is 16.6 Å². The van der Waals surface area contributed by atoms with Crippen molar-refractivity contribution in [2.75, 3.05) is 5.32 Å². The number of halogens is 1. The highest BCUT2D eigenvalue weighted by atomic mass is 79.9. The smallest absolute Gasteiger partial charge is 0.276 e. The molecular formula is C22H16BrN5O2. The van der Waals surface area contributed by atoms with Gasteiger partial charge in [-0.25, -0.2) is 9.99 Å². The van der Waals surface area contributed by atoms with Crippen LogP contribution in [-0.4, -0.2) is 26.8 Å². The van der Waals surface area contributed by atoms with Crippen molar-refractivity contribution in [3.05, 3.63) is 94.2 Å². The number of hydrazine groups is 1. The Morgan fingerprint density at radius 2 is 1.73 bits per heavy atom. The van der Waals surface area contributed by atoms with E-state index in [9.17, 15) is 9.59 Å². The van der Waals surface area contributed by atoms with Gasteiger partial charge in [0, 0.05) is 15.7 Å². The molecule has 0 radical (unpaired) electrons. The molecule has 0 fully saturated rings. The Labute approximate surface area is 180 Å². The summed E-state index contributed by atoms with van der Waals surface area (Å²) in [6.07, 6.45) is -0.695. The second-order valence-electron chi connectivity index (χ2n) is 6.85. The molecule has 4 aromatic rings. The normalized spacial score (nSPS) is 15.6. The van der Waals surface area contributed by atoms with E-state index in [1.54, 1.807) is 36.4 Å². The topological polar surface area (TPSA) is 90.1 Å². The molecule has 1 aliphatic heterocycles. The van der Waals surface area contributed by atoms with Crippen LogP contribution >= 0.6 is 15.9 Å². The Hall–Kier alpha value is -3.65. The minimum Gasteiger partial charge on any atom is -0.357 e. The summed E-state index contributed by atoms with van der Waals surface area (Å²) < 4.78 is 0.865. The summed E-state index contributed by atoms with van der Waals surface area (Å²) in [6, 6.07) is 21.7. The molecule has 1 unspecified atom stereocenters. The number of imidazole rings is 1. The van der Waals surface area contributed by atoms with E-state index in [1.807, 2.05) is 36.4 Å². The Kier molecular flexibility index (Phi) is 4.48. The maximum absolute atomic E-state index is 13.3. The fraction of sp³-hybridized carbons (Fsp3) is 0.0455. The minimum atomic E-state index is -0.695. The van der Waals surface area contributed by atoms with Crippen LogP contribution in [0.15, 0.2) is 77.3 Å². The van der Waals surface area contributed by atoms with E-state index in [4.69, 9.17) is 0 Å². The number of benzene rings is 3. The number of amides is 2. The summed E-state index contributed by atoms with van der Waals surface area (Å²) in [4.78, 5) is 34.0. The minimum absolute atomic E-state index is 0.319. The Morgan fingerprint density at radius 3 is 2.53 bits per heavy atom. The predicted octanol–water partition coefficient (Wildman–Crippen LogP) is 4.24. The largest absolute Gasteiger partial charge is 0.357 e. The van der Waals surface area contributed by atoms with Crippen LogP contribution in [-0.2, 0) is 0 Å². The second kappa shape index (κ2) is 7.31. The van der Waals surface area contributed by atoms with Crippen molar-refractivity contribution in [2.24, 2.45) is 0 Å². The first-order valence-electron chi connectivity index (χ1n) is 9.30. The predicted molar refractivity (Wildman–Crippen MR) is 117 cm³/mol. The third-order valence-corrected chi connectivity index (χ3v) is 5.45. The van der Waals surface area contributed by atoms with Crippen molar-refractivity contribution in [1.82, 2.24) is 20.4 Å². The van der Waals surface area contributed by atoms with Crippen molar-refractivity contribution in [1.29, 1.82) is 0 Å². The molecule has 0 spiro atoms. The number of anilines is 1.